The number of aliphatic carboxylic acids is 1. The molecule has 0 aromatic rings. The third-order valence-electron chi connectivity index (χ3n) is 2.80. The van der Waals surface area contributed by atoms with E-state index < -0.39 is 5.97 Å². The van der Waals surface area contributed by atoms with Crippen LogP contribution in [-0.2, 0) is 4.79 Å². The van der Waals surface area contributed by atoms with Crippen molar-refractivity contribution < 1.29 is 9.90 Å². The van der Waals surface area contributed by atoms with E-state index in [1.54, 1.807) is 0 Å². The average molecular weight is 211 g/mol. The van der Waals surface area contributed by atoms with Gasteiger partial charge in [-0.15, -0.1) is 0 Å². The van der Waals surface area contributed by atoms with E-state index in [1.165, 1.54) is 17.5 Å². The minimum atomic E-state index is -0.717. The third-order valence-corrected chi connectivity index (χ3v) is 3.68. The highest BCUT2D eigenvalue weighted by Crippen LogP contribution is 2.34. The lowest BCUT2D eigenvalue weighted by atomic mass is 9.91. The lowest BCUT2D eigenvalue weighted by molar-refractivity contribution is -0.141. The van der Waals surface area contributed by atoms with Crippen LogP contribution in [0.5, 0.6) is 0 Å². The van der Waals surface area contributed by atoms with Gasteiger partial charge in [0.2, 0.25) is 0 Å². The molecule has 4 heteroatoms. The summed E-state index contributed by atoms with van der Waals surface area (Å²) in [6, 6.07) is -0.354. The van der Waals surface area contributed by atoms with Crippen LogP contribution >= 0.6 is 11.9 Å². The zero-order valence-electron chi connectivity index (χ0n) is 8.01. The Morgan fingerprint density at radius 1 is 1.71 bits per heavy atom. The van der Waals surface area contributed by atoms with E-state index in [0.717, 1.165) is 6.54 Å². The van der Waals surface area contributed by atoms with Crippen molar-refractivity contribution in [3.63, 3.8) is 0 Å². The topological polar surface area (TPSA) is 40.5 Å². The molecule has 0 radical (unpaired) electrons. The van der Waals surface area contributed by atoms with Gasteiger partial charge >= 0.3 is 5.97 Å². The summed E-state index contributed by atoms with van der Waals surface area (Å²) in [5, 5.41) is 9.06. The number of carboxylic acid groups (broad SMARTS) is 1. The molecule has 0 spiro atoms. The highest BCUT2D eigenvalue weighted by molar-refractivity contribution is 7.96. The molecule has 1 fully saturated rings. The van der Waals surface area contributed by atoms with Gasteiger partial charge in [-0.05, 0) is 12.7 Å². The van der Waals surface area contributed by atoms with Crippen LogP contribution in [0.25, 0.3) is 0 Å². The van der Waals surface area contributed by atoms with Crippen molar-refractivity contribution in [2.75, 3.05) is 12.8 Å². The molecule has 1 aliphatic heterocycles. The smallest absolute Gasteiger partial charge is 0.322 e. The van der Waals surface area contributed by atoms with Gasteiger partial charge in [0.25, 0.3) is 0 Å². The van der Waals surface area contributed by atoms with E-state index >= 15 is 0 Å². The molecule has 0 amide bonds. The minimum Gasteiger partial charge on any atom is -0.480 e. The fourth-order valence-corrected chi connectivity index (χ4v) is 2.75. The molecule has 1 N–H and O–H groups in total. The molecule has 0 saturated carbocycles. The summed E-state index contributed by atoms with van der Waals surface area (Å²) in [6.45, 7) is 0.820. The van der Waals surface area contributed by atoms with Crippen LogP contribution in [0.2, 0.25) is 0 Å². The summed E-state index contributed by atoms with van der Waals surface area (Å²) in [5.74, 6) is -0.274. The molecule has 2 unspecified atom stereocenters. The predicted molar refractivity (Wildman–Crippen MR) is 57.0 cm³/mol. The number of allylic oxidation sites excluding steroid dienone is 2. The van der Waals surface area contributed by atoms with E-state index in [1.807, 2.05) is 16.6 Å². The Morgan fingerprint density at radius 3 is 3.14 bits per heavy atom. The fraction of sp³-hybridized carbons (Fsp3) is 0.500. The predicted octanol–water partition coefficient (Wildman–Crippen LogP) is 1.54. The van der Waals surface area contributed by atoms with Crippen molar-refractivity contribution in [2.24, 2.45) is 5.92 Å². The van der Waals surface area contributed by atoms with Crippen molar-refractivity contribution in [2.45, 2.75) is 12.5 Å². The fourth-order valence-electron chi connectivity index (χ4n) is 2.02. The molecule has 2 aliphatic rings. The summed E-state index contributed by atoms with van der Waals surface area (Å²) < 4.78 is 1.96. The van der Waals surface area contributed by atoms with E-state index in [4.69, 9.17) is 5.11 Å². The second-order valence-electron chi connectivity index (χ2n) is 3.57. The van der Waals surface area contributed by atoms with Crippen LogP contribution in [-0.4, -0.2) is 34.2 Å². The Morgan fingerprint density at radius 2 is 2.50 bits per heavy atom. The third kappa shape index (κ3) is 1.60. The van der Waals surface area contributed by atoms with Gasteiger partial charge in [-0.25, -0.2) is 4.31 Å². The highest BCUT2D eigenvalue weighted by Gasteiger charge is 2.35. The lowest BCUT2D eigenvalue weighted by Crippen LogP contribution is -2.43. The molecule has 14 heavy (non-hydrogen) atoms. The quantitative estimate of drug-likeness (QED) is 0.703. The number of nitrogens with zero attached hydrogens (tertiary/aromatic N) is 1. The Kier molecular flexibility index (Phi) is 2.65. The number of carbonyl (C=O) groups is 1. The first-order valence-electron chi connectivity index (χ1n) is 4.63. The monoisotopic (exact) mass is 211 g/mol. The van der Waals surface area contributed by atoms with Crippen LogP contribution in [0.1, 0.15) is 6.42 Å². The maximum absolute atomic E-state index is 11.0. The van der Waals surface area contributed by atoms with Crippen LogP contribution in [0.3, 0.4) is 0 Å². The first-order valence-corrected chi connectivity index (χ1v) is 5.81. The van der Waals surface area contributed by atoms with E-state index in [0.29, 0.717) is 12.3 Å². The summed E-state index contributed by atoms with van der Waals surface area (Å²) in [6.07, 6.45) is 8.83. The normalized spacial score (nSPS) is 31.4. The summed E-state index contributed by atoms with van der Waals surface area (Å²) >= 11 is 1.52. The lowest BCUT2D eigenvalue weighted by Gasteiger charge is -2.35. The largest absolute Gasteiger partial charge is 0.480 e. The van der Waals surface area contributed by atoms with Crippen molar-refractivity contribution in [1.82, 2.24) is 4.31 Å². The van der Waals surface area contributed by atoms with Gasteiger partial charge in [-0.2, -0.15) is 0 Å². The standard InChI is InChI=1S/C10H13NO2S/c1-14-11-6-8-4-2-3-7(8)5-9(11)10(12)13/h2-4,8-9H,5-6H2,1H3,(H,12,13). The van der Waals surface area contributed by atoms with Gasteiger partial charge in [0.05, 0.1) is 0 Å². The number of carboxylic acids is 1. The highest BCUT2D eigenvalue weighted by atomic mass is 32.2. The molecule has 1 aliphatic carbocycles. The first-order chi connectivity index (χ1) is 6.72. The molecule has 1 saturated heterocycles. The molecular formula is C10H13NO2S. The van der Waals surface area contributed by atoms with Crippen molar-refractivity contribution in [3.05, 3.63) is 23.8 Å². The maximum atomic E-state index is 11.0. The first kappa shape index (κ1) is 9.80. The minimum absolute atomic E-state index is 0.354. The number of fused-ring (bicyclic) bond motifs is 1. The summed E-state index contributed by atoms with van der Waals surface area (Å²) in [7, 11) is 0. The molecule has 2 atom stereocenters. The van der Waals surface area contributed by atoms with Crippen molar-refractivity contribution in [3.8, 4) is 0 Å². The van der Waals surface area contributed by atoms with E-state index in [2.05, 4.69) is 12.2 Å². The van der Waals surface area contributed by atoms with E-state index in [9.17, 15) is 4.79 Å². The second kappa shape index (κ2) is 3.79. The van der Waals surface area contributed by atoms with Gasteiger partial charge in [-0.3, -0.25) is 4.79 Å². The van der Waals surface area contributed by atoms with Crippen LogP contribution in [0.15, 0.2) is 23.8 Å². The van der Waals surface area contributed by atoms with Gasteiger partial charge < -0.3 is 5.11 Å². The summed E-state index contributed by atoms with van der Waals surface area (Å²) in [5.41, 5.74) is 1.27. The second-order valence-corrected chi connectivity index (χ2v) is 4.41. The van der Waals surface area contributed by atoms with Gasteiger partial charge in [0.15, 0.2) is 0 Å². The Hall–Kier alpha value is -0.740. The van der Waals surface area contributed by atoms with Gasteiger partial charge in [0.1, 0.15) is 6.04 Å². The van der Waals surface area contributed by atoms with Crippen LogP contribution in [0, 0.1) is 5.92 Å². The van der Waals surface area contributed by atoms with Gasteiger partial charge in [0, 0.05) is 12.5 Å². The molecule has 0 aromatic carbocycles. The SMILES string of the molecule is CSN1CC2C=CC=C2CC1C(=O)O. The van der Waals surface area contributed by atoms with E-state index in [-0.39, 0.29) is 6.04 Å². The van der Waals surface area contributed by atoms with Crippen molar-refractivity contribution >= 4 is 17.9 Å². The Bertz CT molecular complexity index is 311. The molecule has 0 aromatic heterocycles. The number of piperidine rings is 1. The number of rotatable bonds is 2. The van der Waals surface area contributed by atoms with Gasteiger partial charge in [-0.1, -0.05) is 35.7 Å². The van der Waals surface area contributed by atoms with Crippen LogP contribution in [0.4, 0.5) is 0 Å². The number of hydrogen-bond acceptors (Lipinski definition) is 3. The Balaban J connectivity index is 2.15. The average Bonchev–Trinajstić information content (AvgIpc) is 2.62. The summed E-state index contributed by atoms with van der Waals surface area (Å²) in [4.78, 5) is 11.0. The Labute approximate surface area is 87.6 Å². The van der Waals surface area contributed by atoms with Crippen LogP contribution < -0.4 is 0 Å². The maximum Gasteiger partial charge on any atom is 0.322 e. The molecule has 0 bridgehead atoms. The zero-order valence-corrected chi connectivity index (χ0v) is 8.83. The number of hydrogen-bond donors (Lipinski definition) is 1. The van der Waals surface area contributed by atoms with Crippen molar-refractivity contribution in [1.29, 1.82) is 0 Å². The molecular weight excluding hydrogens is 198 g/mol. The molecule has 2 rings (SSSR count). The zero-order chi connectivity index (χ0) is 10.1. The molecule has 76 valence electrons. The molecule has 1 heterocycles. The molecule has 3 nitrogen and oxygen atoms in total.